The summed E-state index contributed by atoms with van der Waals surface area (Å²) in [6.07, 6.45) is 0.825. The van der Waals surface area contributed by atoms with Gasteiger partial charge >= 0.3 is 0 Å². The Bertz CT molecular complexity index is 354. The van der Waals surface area contributed by atoms with Crippen molar-refractivity contribution in [3.63, 3.8) is 0 Å². The number of nitrogens with one attached hydrogen (secondary N) is 2. The Morgan fingerprint density at radius 3 is 2.00 bits per heavy atom. The molecule has 0 aliphatic carbocycles. The lowest BCUT2D eigenvalue weighted by molar-refractivity contribution is -0.130. The Kier molecular flexibility index (Phi) is 7.37. The van der Waals surface area contributed by atoms with E-state index in [1.165, 1.54) is 0 Å². The highest BCUT2D eigenvalue weighted by Gasteiger charge is 2.34. The van der Waals surface area contributed by atoms with Gasteiger partial charge in [0.05, 0.1) is 6.54 Å². The molecule has 5 heteroatoms. The van der Waals surface area contributed by atoms with Crippen molar-refractivity contribution in [2.24, 2.45) is 22.5 Å². The third-order valence-electron chi connectivity index (χ3n) is 3.35. The van der Waals surface area contributed by atoms with Gasteiger partial charge in [-0.15, -0.1) is 0 Å². The minimum atomic E-state index is -0.209. The van der Waals surface area contributed by atoms with Crippen LogP contribution in [0.1, 0.15) is 54.9 Å². The predicted octanol–water partition coefficient (Wildman–Crippen LogP) is 1.66. The molecule has 2 amide bonds. The number of rotatable bonds is 6. The van der Waals surface area contributed by atoms with Crippen LogP contribution in [0.3, 0.4) is 0 Å². The summed E-state index contributed by atoms with van der Waals surface area (Å²) in [5.74, 6) is -0.222. The third-order valence-corrected chi connectivity index (χ3v) is 3.35. The smallest absolute Gasteiger partial charge is 0.234 e. The Morgan fingerprint density at radius 1 is 1.10 bits per heavy atom. The quantitative estimate of drug-likeness (QED) is 0.697. The molecule has 0 bridgehead atoms. The van der Waals surface area contributed by atoms with Crippen molar-refractivity contribution < 1.29 is 9.59 Å². The largest absolute Gasteiger partial charge is 0.354 e. The maximum atomic E-state index is 12.5. The summed E-state index contributed by atoms with van der Waals surface area (Å²) in [5, 5.41) is 5.68. The summed E-state index contributed by atoms with van der Waals surface area (Å²) in [7, 11) is 0. The number of amides is 2. The highest BCUT2D eigenvalue weighted by Crippen LogP contribution is 2.36. The summed E-state index contributed by atoms with van der Waals surface area (Å²) < 4.78 is 0. The molecule has 0 aromatic heterocycles. The second kappa shape index (κ2) is 7.78. The van der Waals surface area contributed by atoms with Gasteiger partial charge in [-0.25, -0.2) is 0 Å². The average Bonchev–Trinajstić information content (AvgIpc) is 2.30. The first kappa shape index (κ1) is 19.9. The topological polar surface area (TPSA) is 84.2 Å². The van der Waals surface area contributed by atoms with E-state index in [2.05, 4.69) is 52.2 Å². The standard InChI is InChI=1S/C16H33N3O2/c1-11(19-13(20)9-17)10-18-14(21)12(16(5,6)7)8-15(2,3)4/h11-12H,8-10,17H2,1-7H3,(H,18,21)(H,19,20). The van der Waals surface area contributed by atoms with Crippen molar-refractivity contribution in [2.75, 3.05) is 13.1 Å². The Morgan fingerprint density at radius 2 is 1.62 bits per heavy atom. The SMILES string of the molecule is CC(CNC(=O)C(CC(C)(C)C)C(C)(C)C)NC(=O)CN. The first-order valence-electron chi connectivity index (χ1n) is 7.64. The van der Waals surface area contributed by atoms with Crippen LogP contribution in [0.2, 0.25) is 0 Å². The van der Waals surface area contributed by atoms with Crippen LogP contribution in [-0.4, -0.2) is 30.9 Å². The zero-order valence-electron chi connectivity index (χ0n) is 14.7. The molecule has 0 fully saturated rings. The average molecular weight is 299 g/mol. The van der Waals surface area contributed by atoms with E-state index in [4.69, 9.17) is 5.73 Å². The molecule has 21 heavy (non-hydrogen) atoms. The minimum absolute atomic E-state index is 0.0348. The van der Waals surface area contributed by atoms with Gasteiger partial charge in [0.1, 0.15) is 0 Å². The molecule has 124 valence electrons. The second-order valence-electron chi connectivity index (χ2n) is 8.10. The molecule has 5 nitrogen and oxygen atoms in total. The monoisotopic (exact) mass is 299 g/mol. The third kappa shape index (κ3) is 8.71. The fraction of sp³-hybridized carbons (Fsp3) is 0.875. The summed E-state index contributed by atoms with van der Waals surface area (Å²) in [5.41, 5.74) is 5.25. The molecule has 0 aliphatic heterocycles. The number of carbonyl (C=O) groups is 2. The van der Waals surface area contributed by atoms with Crippen molar-refractivity contribution >= 4 is 11.8 Å². The fourth-order valence-electron chi connectivity index (χ4n) is 2.17. The maximum Gasteiger partial charge on any atom is 0.234 e. The highest BCUT2D eigenvalue weighted by molar-refractivity contribution is 5.80. The van der Waals surface area contributed by atoms with E-state index in [0.29, 0.717) is 6.54 Å². The van der Waals surface area contributed by atoms with Crippen molar-refractivity contribution in [3.05, 3.63) is 0 Å². The van der Waals surface area contributed by atoms with Crippen LogP contribution in [0.15, 0.2) is 0 Å². The first-order chi connectivity index (χ1) is 9.36. The molecule has 0 aromatic carbocycles. The molecule has 0 spiro atoms. The lowest BCUT2D eigenvalue weighted by atomic mass is 9.71. The number of hydrogen-bond donors (Lipinski definition) is 3. The molecular formula is C16H33N3O2. The van der Waals surface area contributed by atoms with Gasteiger partial charge in [-0.1, -0.05) is 41.5 Å². The van der Waals surface area contributed by atoms with Crippen LogP contribution >= 0.6 is 0 Å². The maximum absolute atomic E-state index is 12.5. The van der Waals surface area contributed by atoms with E-state index in [-0.39, 0.29) is 41.1 Å². The Balaban J connectivity index is 4.59. The summed E-state index contributed by atoms with van der Waals surface area (Å²) in [4.78, 5) is 23.7. The van der Waals surface area contributed by atoms with E-state index in [9.17, 15) is 9.59 Å². The molecule has 2 unspecified atom stereocenters. The summed E-state index contributed by atoms with van der Waals surface area (Å²) >= 11 is 0. The molecule has 0 rings (SSSR count). The number of carbonyl (C=O) groups excluding carboxylic acids is 2. The van der Waals surface area contributed by atoms with Crippen molar-refractivity contribution in [1.29, 1.82) is 0 Å². The van der Waals surface area contributed by atoms with Crippen molar-refractivity contribution in [2.45, 2.75) is 60.9 Å². The Labute approximate surface area is 129 Å². The second-order valence-corrected chi connectivity index (χ2v) is 8.10. The van der Waals surface area contributed by atoms with Crippen LogP contribution in [0.4, 0.5) is 0 Å². The van der Waals surface area contributed by atoms with Gasteiger partial charge in [-0.05, 0) is 24.2 Å². The van der Waals surface area contributed by atoms with Crippen molar-refractivity contribution in [3.8, 4) is 0 Å². The molecule has 0 saturated carbocycles. The van der Waals surface area contributed by atoms with Crippen LogP contribution < -0.4 is 16.4 Å². The van der Waals surface area contributed by atoms with E-state index in [1.54, 1.807) is 0 Å². The van der Waals surface area contributed by atoms with Crippen LogP contribution in [0, 0.1) is 16.7 Å². The summed E-state index contributed by atoms with van der Waals surface area (Å²) in [6.45, 7) is 14.9. The predicted molar refractivity (Wildman–Crippen MR) is 86.7 cm³/mol. The molecule has 0 heterocycles. The van der Waals surface area contributed by atoms with Crippen molar-refractivity contribution in [1.82, 2.24) is 10.6 Å². The van der Waals surface area contributed by atoms with E-state index >= 15 is 0 Å². The zero-order chi connectivity index (χ0) is 16.8. The zero-order valence-corrected chi connectivity index (χ0v) is 14.7. The van der Waals surface area contributed by atoms with Gasteiger partial charge in [0, 0.05) is 18.5 Å². The lowest BCUT2D eigenvalue weighted by Gasteiger charge is -2.34. The normalized spacial score (nSPS) is 15.2. The Hall–Kier alpha value is -1.10. The molecule has 0 aromatic rings. The van der Waals surface area contributed by atoms with Gasteiger partial charge < -0.3 is 16.4 Å². The molecule has 2 atom stereocenters. The summed E-state index contributed by atoms with van der Waals surface area (Å²) in [6, 6.07) is -0.125. The number of nitrogens with two attached hydrogens (primary N) is 1. The molecule has 4 N–H and O–H groups in total. The van der Waals surface area contributed by atoms with Gasteiger partial charge in [0.2, 0.25) is 11.8 Å². The van der Waals surface area contributed by atoms with Gasteiger partial charge in [-0.3, -0.25) is 9.59 Å². The van der Waals surface area contributed by atoms with Crippen LogP contribution in [0.25, 0.3) is 0 Å². The lowest BCUT2D eigenvalue weighted by Crippen LogP contribution is -2.47. The van der Waals surface area contributed by atoms with E-state index < -0.39 is 0 Å². The van der Waals surface area contributed by atoms with Gasteiger partial charge in [0.25, 0.3) is 0 Å². The first-order valence-corrected chi connectivity index (χ1v) is 7.64. The van der Waals surface area contributed by atoms with Crippen LogP contribution in [0.5, 0.6) is 0 Å². The molecule has 0 radical (unpaired) electrons. The minimum Gasteiger partial charge on any atom is -0.354 e. The molecule has 0 aliphatic rings. The van der Waals surface area contributed by atoms with Crippen LogP contribution in [-0.2, 0) is 9.59 Å². The van der Waals surface area contributed by atoms with E-state index in [1.807, 2.05) is 6.92 Å². The fourth-order valence-corrected chi connectivity index (χ4v) is 2.17. The van der Waals surface area contributed by atoms with Gasteiger partial charge in [0.15, 0.2) is 0 Å². The highest BCUT2D eigenvalue weighted by atomic mass is 16.2. The molecule has 0 saturated heterocycles. The van der Waals surface area contributed by atoms with Gasteiger partial charge in [-0.2, -0.15) is 0 Å². The molecular weight excluding hydrogens is 266 g/mol. The number of hydrogen-bond acceptors (Lipinski definition) is 3. The van der Waals surface area contributed by atoms with E-state index in [0.717, 1.165) is 6.42 Å².